The number of hydrogen-bond acceptors (Lipinski definition) is 7. The van der Waals surface area contributed by atoms with Crippen LogP contribution in [0, 0.1) is 0 Å². The molecule has 3 aromatic rings. The highest BCUT2D eigenvalue weighted by Gasteiger charge is 2.16. The van der Waals surface area contributed by atoms with Crippen molar-refractivity contribution in [1.29, 1.82) is 0 Å². The maximum Gasteiger partial charge on any atom is 0.286 e. The van der Waals surface area contributed by atoms with Gasteiger partial charge < -0.3 is 15.5 Å². The molecule has 0 atom stereocenters. The molecule has 2 aromatic carbocycles. The van der Waals surface area contributed by atoms with Gasteiger partial charge in [-0.15, -0.1) is 10.2 Å². The number of para-hydroxylation sites is 1. The first-order chi connectivity index (χ1) is 16.6. The largest absolute Gasteiger partial charge is 0.326 e. The van der Waals surface area contributed by atoms with Crippen molar-refractivity contribution >= 4 is 34.5 Å². The molecule has 2 N–H and O–H groups in total. The number of benzene rings is 2. The molecule has 0 spiro atoms. The van der Waals surface area contributed by atoms with Gasteiger partial charge in [0.1, 0.15) is 5.01 Å². The van der Waals surface area contributed by atoms with Crippen LogP contribution >= 0.6 is 11.3 Å². The van der Waals surface area contributed by atoms with Gasteiger partial charge in [0.2, 0.25) is 10.9 Å². The quantitative estimate of drug-likeness (QED) is 0.489. The Bertz CT molecular complexity index is 1080. The van der Waals surface area contributed by atoms with Gasteiger partial charge in [0, 0.05) is 56.9 Å². The molecule has 1 fully saturated rings. The molecule has 8 nitrogen and oxygen atoms in total. The van der Waals surface area contributed by atoms with Gasteiger partial charge in [0.25, 0.3) is 5.91 Å². The first-order valence-electron chi connectivity index (χ1n) is 11.6. The zero-order valence-corrected chi connectivity index (χ0v) is 20.2. The Labute approximate surface area is 204 Å². The second-order valence-electron chi connectivity index (χ2n) is 8.28. The van der Waals surface area contributed by atoms with Crippen molar-refractivity contribution < 1.29 is 9.59 Å². The number of aromatic nitrogens is 2. The molecule has 1 aromatic heterocycles. The molecule has 0 aliphatic carbocycles. The number of rotatable bonds is 9. The molecular weight excluding hydrogens is 448 g/mol. The third-order valence-electron chi connectivity index (χ3n) is 5.81. The van der Waals surface area contributed by atoms with Crippen LogP contribution in [-0.2, 0) is 17.8 Å². The van der Waals surface area contributed by atoms with Crippen LogP contribution < -0.4 is 10.6 Å². The molecule has 9 heteroatoms. The molecule has 1 saturated heterocycles. The minimum Gasteiger partial charge on any atom is -0.326 e. The lowest BCUT2D eigenvalue weighted by atomic mass is 10.1. The fourth-order valence-corrected chi connectivity index (χ4v) is 4.55. The molecular formula is C25H30N6O2S. The van der Waals surface area contributed by atoms with Crippen molar-refractivity contribution in [3.05, 3.63) is 70.2 Å². The highest BCUT2D eigenvalue weighted by atomic mass is 32.1. The minimum atomic E-state index is -0.299. The van der Waals surface area contributed by atoms with Crippen molar-refractivity contribution in [1.82, 2.24) is 20.0 Å². The van der Waals surface area contributed by atoms with E-state index in [0.29, 0.717) is 17.1 Å². The summed E-state index contributed by atoms with van der Waals surface area (Å²) >= 11 is 1.21. The van der Waals surface area contributed by atoms with Gasteiger partial charge in [-0.05, 0) is 36.4 Å². The molecule has 0 bridgehead atoms. The van der Waals surface area contributed by atoms with E-state index >= 15 is 0 Å². The number of nitrogens with one attached hydrogen (secondary N) is 2. The molecule has 4 rings (SSSR count). The van der Waals surface area contributed by atoms with Crippen molar-refractivity contribution in [3.63, 3.8) is 0 Å². The maximum atomic E-state index is 12.4. The number of carbonyl (C=O) groups is 2. The smallest absolute Gasteiger partial charge is 0.286 e. The summed E-state index contributed by atoms with van der Waals surface area (Å²) in [6.07, 6.45) is 0.711. The minimum absolute atomic E-state index is 0.0890. The van der Waals surface area contributed by atoms with Crippen LogP contribution in [0.1, 0.15) is 33.7 Å². The molecule has 2 amide bonds. The Morgan fingerprint density at radius 1 is 0.882 bits per heavy atom. The summed E-state index contributed by atoms with van der Waals surface area (Å²) in [5.74, 6) is -0.388. The van der Waals surface area contributed by atoms with E-state index in [-0.39, 0.29) is 23.2 Å². The average molecular weight is 479 g/mol. The van der Waals surface area contributed by atoms with Gasteiger partial charge in [-0.1, -0.05) is 48.6 Å². The molecule has 0 unspecified atom stereocenters. The maximum absolute atomic E-state index is 12.4. The van der Waals surface area contributed by atoms with Crippen LogP contribution in [0.4, 0.5) is 11.4 Å². The van der Waals surface area contributed by atoms with E-state index in [0.717, 1.165) is 45.0 Å². The summed E-state index contributed by atoms with van der Waals surface area (Å²) < 4.78 is 0. The fraction of sp³-hybridized carbons (Fsp3) is 0.360. The number of hydrogen-bond donors (Lipinski definition) is 2. The summed E-state index contributed by atoms with van der Waals surface area (Å²) in [4.78, 5) is 29.6. The third-order valence-corrected chi connectivity index (χ3v) is 6.80. The Morgan fingerprint density at radius 3 is 2.26 bits per heavy atom. The SMILES string of the molecule is CCN1CCN(Cc2ccc(NC(=O)CCc3nnc(C(=O)Nc4ccccc4)s3)cc2)CC1. The molecule has 0 saturated carbocycles. The number of amides is 2. The van der Waals surface area contributed by atoms with Crippen LogP contribution in [0.25, 0.3) is 0 Å². The van der Waals surface area contributed by atoms with Crippen LogP contribution in [0.15, 0.2) is 54.6 Å². The van der Waals surface area contributed by atoms with Crippen molar-refractivity contribution in [2.24, 2.45) is 0 Å². The van der Waals surface area contributed by atoms with E-state index in [1.807, 2.05) is 42.5 Å². The lowest BCUT2D eigenvalue weighted by Crippen LogP contribution is -2.45. The third kappa shape index (κ3) is 6.93. The van der Waals surface area contributed by atoms with Crippen molar-refractivity contribution in [2.75, 3.05) is 43.4 Å². The topological polar surface area (TPSA) is 90.5 Å². The Kier molecular flexibility index (Phi) is 8.35. The monoisotopic (exact) mass is 478 g/mol. The lowest BCUT2D eigenvalue weighted by molar-refractivity contribution is -0.116. The molecule has 2 heterocycles. The summed E-state index contributed by atoms with van der Waals surface area (Å²) in [6, 6.07) is 17.2. The summed E-state index contributed by atoms with van der Waals surface area (Å²) in [5.41, 5.74) is 2.73. The Hall–Kier alpha value is -3.14. The first kappa shape index (κ1) is 24.0. The van der Waals surface area contributed by atoms with Crippen LogP contribution in [0.2, 0.25) is 0 Å². The first-order valence-corrected chi connectivity index (χ1v) is 12.4. The number of carbonyl (C=O) groups excluding carboxylic acids is 2. The van der Waals surface area contributed by atoms with Gasteiger partial charge in [0.05, 0.1) is 0 Å². The highest BCUT2D eigenvalue weighted by Crippen LogP contribution is 2.16. The van der Waals surface area contributed by atoms with Crippen LogP contribution in [0.3, 0.4) is 0 Å². The number of aryl methyl sites for hydroxylation is 1. The number of piperazine rings is 1. The average Bonchev–Trinajstić information content (AvgIpc) is 3.35. The van der Waals surface area contributed by atoms with Crippen molar-refractivity contribution in [2.45, 2.75) is 26.3 Å². The zero-order valence-electron chi connectivity index (χ0n) is 19.4. The number of anilines is 2. The Morgan fingerprint density at radius 2 is 1.56 bits per heavy atom. The molecule has 178 valence electrons. The number of nitrogens with zero attached hydrogens (tertiary/aromatic N) is 4. The van der Waals surface area contributed by atoms with E-state index in [2.05, 4.69) is 49.7 Å². The van der Waals surface area contributed by atoms with Crippen molar-refractivity contribution in [3.8, 4) is 0 Å². The zero-order chi connectivity index (χ0) is 23.8. The molecule has 34 heavy (non-hydrogen) atoms. The van der Waals surface area contributed by atoms with E-state index < -0.39 is 0 Å². The van der Waals surface area contributed by atoms with E-state index in [1.54, 1.807) is 0 Å². The summed E-state index contributed by atoms with van der Waals surface area (Å²) in [6.45, 7) is 8.69. The van der Waals surface area contributed by atoms with Gasteiger partial charge in [-0.3, -0.25) is 14.5 Å². The lowest BCUT2D eigenvalue weighted by Gasteiger charge is -2.34. The summed E-state index contributed by atoms with van der Waals surface area (Å²) in [5, 5.41) is 14.7. The van der Waals surface area contributed by atoms with E-state index in [1.165, 1.54) is 16.9 Å². The molecule has 1 aliphatic heterocycles. The van der Waals surface area contributed by atoms with Gasteiger partial charge in [0.15, 0.2) is 0 Å². The predicted molar refractivity (Wildman–Crippen MR) is 135 cm³/mol. The van der Waals surface area contributed by atoms with Gasteiger partial charge in [-0.2, -0.15) is 0 Å². The predicted octanol–water partition coefficient (Wildman–Crippen LogP) is 3.50. The van der Waals surface area contributed by atoms with E-state index in [9.17, 15) is 9.59 Å². The van der Waals surface area contributed by atoms with E-state index in [4.69, 9.17) is 0 Å². The fourth-order valence-electron chi connectivity index (χ4n) is 3.81. The standard InChI is InChI=1S/C25H30N6O2S/c1-2-30-14-16-31(17-15-30)18-19-8-10-21(11-9-19)26-22(32)12-13-23-28-29-25(34-23)24(33)27-20-6-4-3-5-7-20/h3-11H,2,12-18H2,1H3,(H,26,32)(H,27,33). The number of likely N-dealkylation sites (N-methyl/N-ethyl adjacent to an activating group) is 1. The summed E-state index contributed by atoms with van der Waals surface area (Å²) in [7, 11) is 0. The second kappa shape index (κ2) is 11.8. The van der Waals surface area contributed by atoms with Crippen LogP contribution in [-0.4, -0.2) is 64.5 Å². The van der Waals surface area contributed by atoms with Gasteiger partial charge >= 0.3 is 0 Å². The normalized spacial score (nSPS) is 14.6. The van der Waals surface area contributed by atoms with Crippen LogP contribution in [0.5, 0.6) is 0 Å². The second-order valence-corrected chi connectivity index (χ2v) is 9.34. The van der Waals surface area contributed by atoms with Gasteiger partial charge in [-0.25, -0.2) is 0 Å². The molecule has 0 radical (unpaired) electrons. The highest BCUT2D eigenvalue weighted by molar-refractivity contribution is 7.13. The molecule has 1 aliphatic rings. The Balaban J connectivity index is 1.20.